The van der Waals surface area contributed by atoms with E-state index in [-0.39, 0.29) is 34.9 Å². The Morgan fingerprint density at radius 1 is 1.20 bits per heavy atom. The molecular weight excluding hydrogens is 394 g/mol. The number of amides is 1. The minimum absolute atomic E-state index is 0.0307. The molecule has 1 amide bonds. The van der Waals surface area contributed by atoms with E-state index in [9.17, 15) is 9.59 Å². The molecule has 0 radical (unpaired) electrons. The summed E-state index contributed by atoms with van der Waals surface area (Å²) in [6, 6.07) is 12.2. The van der Waals surface area contributed by atoms with Gasteiger partial charge in [0, 0.05) is 17.5 Å². The minimum Gasteiger partial charge on any atom is -0.338 e. The highest BCUT2D eigenvalue weighted by Gasteiger charge is 2.50. The average Bonchev–Trinajstić information content (AvgIpc) is 3.23. The van der Waals surface area contributed by atoms with E-state index in [0.717, 1.165) is 36.2 Å². The third-order valence-electron chi connectivity index (χ3n) is 6.62. The van der Waals surface area contributed by atoms with Crippen molar-refractivity contribution in [3.63, 3.8) is 0 Å². The van der Waals surface area contributed by atoms with Crippen LogP contribution in [0.5, 0.6) is 0 Å². The van der Waals surface area contributed by atoms with E-state index in [1.54, 1.807) is 0 Å². The largest absolute Gasteiger partial charge is 0.338 e. The minimum atomic E-state index is -0.138. The summed E-state index contributed by atoms with van der Waals surface area (Å²) >= 11 is 1.51. The number of hydrogen-bond acceptors (Lipinski definition) is 4. The maximum atomic E-state index is 13.2. The Kier molecular flexibility index (Phi) is 4.40. The smallest absolute Gasteiger partial charge is 0.262 e. The van der Waals surface area contributed by atoms with Gasteiger partial charge in [-0.1, -0.05) is 51.1 Å². The molecule has 5 rings (SSSR count). The van der Waals surface area contributed by atoms with Crippen LogP contribution in [0.3, 0.4) is 0 Å². The molecule has 0 spiro atoms. The van der Waals surface area contributed by atoms with Gasteiger partial charge in [0.25, 0.3) is 5.56 Å². The average molecular weight is 422 g/mol. The molecule has 3 heterocycles. The molecule has 2 atom stereocenters. The molecule has 1 aliphatic heterocycles. The summed E-state index contributed by atoms with van der Waals surface area (Å²) in [6.45, 7) is 7.75. The number of carbonyl (C=O) groups is 1. The number of likely N-dealkylation sites (tertiary alicyclic amines) is 1. The highest BCUT2D eigenvalue weighted by molar-refractivity contribution is 7.21. The van der Waals surface area contributed by atoms with Gasteiger partial charge in [-0.05, 0) is 41.7 Å². The lowest BCUT2D eigenvalue weighted by Crippen LogP contribution is -2.40. The highest BCUT2D eigenvalue weighted by Crippen LogP contribution is 2.52. The summed E-state index contributed by atoms with van der Waals surface area (Å²) in [5.74, 6) is 0.0307. The van der Waals surface area contributed by atoms with Crippen LogP contribution < -0.4 is 5.56 Å². The molecule has 1 saturated heterocycles. The Morgan fingerprint density at radius 3 is 2.73 bits per heavy atom. The van der Waals surface area contributed by atoms with Crippen molar-refractivity contribution in [2.75, 3.05) is 6.54 Å². The molecule has 6 heteroatoms. The summed E-state index contributed by atoms with van der Waals surface area (Å²) in [5, 5.41) is 0.586. The van der Waals surface area contributed by atoms with Gasteiger partial charge in [0.1, 0.15) is 11.4 Å². The fourth-order valence-electron chi connectivity index (χ4n) is 5.81. The number of hydrogen-bond donors (Lipinski definition) is 0. The molecule has 2 aliphatic rings. The van der Waals surface area contributed by atoms with Crippen molar-refractivity contribution < 1.29 is 4.79 Å². The number of rotatable bonds is 3. The summed E-state index contributed by atoms with van der Waals surface area (Å²) < 4.78 is 1.47. The van der Waals surface area contributed by atoms with E-state index < -0.39 is 0 Å². The molecule has 5 nitrogen and oxygen atoms in total. The number of benzene rings is 1. The van der Waals surface area contributed by atoms with Crippen molar-refractivity contribution in [1.29, 1.82) is 0 Å². The van der Waals surface area contributed by atoms with Crippen molar-refractivity contribution in [1.82, 2.24) is 14.5 Å². The standard InChI is InChI=1S/C24H27N3O2S/c1-23(2)10-17-11-24(3,13-23)14-27(17)20(28)12-26-15-25-21-18(22(26)29)9-19(30-21)16-7-5-4-6-8-16/h4-9,15,17H,10-14H2,1-3H3/t17-,24-/m1/s1. The lowest BCUT2D eigenvalue weighted by Gasteiger charge is -2.39. The van der Waals surface area contributed by atoms with Crippen molar-refractivity contribution in [2.24, 2.45) is 10.8 Å². The molecule has 0 N–H and O–H groups in total. The van der Waals surface area contributed by atoms with Gasteiger partial charge in [-0.2, -0.15) is 0 Å². The Morgan fingerprint density at radius 2 is 1.97 bits per heavy atom. The number of thiophene rings is 1. The summed E-state index contributed by atoms with van der Waals surface area (Å²) in [4.78, 5) is 34.5. The zero-order chi connectivity index (χ0) is 21.1. The molecule has 1 aromatic carbocycles. The highest BCUT2D eigenvalue weighted by atomic mass is 32.1. The first-order valence-corrected chi connectivity index (χ1v) is 11.4. The van der Waals surface area contributed by atoms with E-state index >= 15 is 0 Å². The molecular formula is C24H27N3O2S. The molecule has 0 unspecified atom stereocenters. The first kappa shape index (κ1) is 19.5. The second kappa shape index (κ2) is 6.77. The van der Waals surface area contributed by atoms with Crippen molar-refractivity contribution in [3.05, 3.63) is 53.1 Å². The van der Waals surface area contributed by atoms with Crippen molar-refractivity contribution in [2.45, 2.75) is 52.6 Å². The van der Waals surface area contributed by atoms with Gasteiger partial charge in [0.05, 0.1) is 11.7 Å². The van der Waals surface area contributed by atoms with E-state index in [1.807, 2.05) is 41.3 Å². The Labute approximate surface area is 180 Å². The van der Waals surface area contributed by atoms with Crippen LogP contribution in [0.1, 0.15) is 40.0 Å². The van der Waals surface area contributed by atoms with E-state index in [0.29, 0.717) is 10.2 Å². The predicted molar refractivity (Wildman–Crippen MR) is 121 cm³/mol. The number of aromatic nitrogens is 2. The van der Waals surface area contributed by atoms with Crippen molar-refractivity contribution in [3.8, 4) is 10.4 Å². The second-order valence-electron chi connectivity index (χ2n) is 10.1. The molecule has 1 aliphatic carbocycles. The van der Waals surface area contributed by atoms with E-state index in [2.05, 4.69) is 25.8 Å². The lowest BCUT2D eigenvalue weighted by atomic mass is 9.65. The number of carbonyl (C=O) groups excluding carboxylic acids is 1. The third kappa shape index (κ3) is 3.37. The Bertz CT molecular complexity index is 1180. The first-order chi connectivity index (χ1) is 14.2. The number of nitrogens with zero attached hydrogens (tertiary/aromatic N) is 3. The van der Waals surface area contributed by atoms with Crippen LogP contribution in [0.25, 0.3) is 20.7 Å². The van der Waals surface area contributed by atoms with Gasteiger partial charge in [0.2, 0.25) is 5.91 Å². The van der Waals surface area contributed by atoms with Gasteiger partial charge in [-0.25, -0.2) is 4.98 Å². The molecule has 2 fully saturated rings. The van der Waals surface area contributed by atoms with Crippen LogP contribution in [0, 0.1) is 10.8 Å². The molecule has 1 saturated carbocycles. The number of fused-ring (bicyclic) bond motifs is 3. The normalized spacial score (nSPS) is 25.0. The van der Waals surface area contributed by atoms with Gasteiger partial charge in [-0.3, -0.25) is 14.2 Å². The molecule has 2 aromatic heterocycles. The Balaban J connectivity index is 1.41. The van der Waals surface area contributed by atoms with Crippen LogP contribution in [-0.2, 0) is 11.3 Å². The topological polar surface area (TPSA) is 55.2 Å². The van der Waals surface area contributed by atoms with E-state index in [4.69, 9.17) is 0 Å². The lowest BCUT2D eigenvalue weighted by molar-refractivity contribution is -0.133. The van der Waals surface area contributed by atoms with Gasteiger partial charge >= 0.3 is 0 Å². The maximum absolute atomic E-state index is 13.2. The molecule has 2 bridgehead atoms. The van der Waals surface area contributed by atoms with Crippen LogP contribution in [0.15, 0.2) is 47.5 Å². The SMILES string of the molecule is CC1(C)C[C@@H]2C[C@@](C)(CN2C(=O)Cn2cnc3sc(-c4ccccc4)cc3c2=O)C1. The zero-order valence-electron chi connectivity index (χ0n) is 17.7. The molecule has 30 heavy (non-hydrogen) atoms. The van der Waals surface area contributed by atoms with Crippen LogP contribution in [0.4, 0.5) is 0 Å². The van der Waals surface area contributed by atoms with Crippen molar-refractivity contribution >= 4 is 27.5 Å². The summed E-state index contributed by atoms with van der Waals surface area (Å²) in [6.07, 6.45) is 4.78. The summed E-state index contributed by atoms with van der Waals surface area (Å²) in [7, 11) is 0. The fraction of sp³-hybridized carbons (Fsp3) is 0.458. The summed E-state index contributed by atoms with van der Waals surface area (Å²) in [5.41, 5.74) is 1.38. The van der Waals surface area contributed by atoms with Crippen LogP contribution in [-0.4, -0.2) is 32.9 Å². The molecule has 156 valence electrons. The van der Waals surface area contributed by atoms with Gasteiger partial charge in [-0.15, -0.1) is 11.3 Å². The maximum Gasteiger partial charge on any atom is 0.262 e. The second-order valence-corrected chi connectivity index (χ2v) is 11.1. The molecule has 3 aromatic rings. The van der Waals surface area contributed by atoms with Gasteiger partial charge in [0.15, 0.2) is 0 Å². The third-order valence-corrected chi connectivity index (χ3v) is 7.71. The van der Waals surface area contributed by atoms with Gasteiger partial charge < -0.3 is 4.90 Å². The van der Waals surface area contributed by atoms with Crippen LogP contribution in [0.2, 0.25) is 0 Å². The monoisotopic (exact) mass is 421 g/mol. The first-order valence-electron chi connectivity index (χ1n) is 10.6. The predicted octanol–water partition coefficient (Wildman–Crippen LogP) is 4.55. The Hall–Kier alpha value is -2.47. The quantitative estimate of drug-likeness (QED) is 0.623. The fourth-order valence-corrected chi connectivity index (χ4v) is 6.80. The van der Waals surface area contributed by atoms with E-state index in [1.165, 1.54) is 22.2 Å². The zero-order valence-corrected chi connectivity index (χ0v) is 18.5. The van der Waals surface area contributed by atoms with Crippen LogP contribution >= 0.6 is 11.3 Å².